The van der Waals surface area contributed by atoms with Crippen LogP contribution in [0.1, 0.15) is 57.4 Å². The topological polar surface area (TPSA) is 20.2 Å². The predicted molar refractivity (Wildman–Crippen MR) is 84.2 cm³/mol. The summed E-state index contributed by atoms with van der Waals surface area (Å²) in [5, 5.41) is 11.3. The molecule has 108 valence electrons. The number of hydrogen-bond donors (Lipinski definition) is 1. The molecule has 1 atom stereocenters. The van der Waals surface area contributed by atoms with Crippen molar-refractivity contribution >= 4 is 23.2 Å². The molecule has 0 bridgehead atoms. The van der Waals surface area contributed by atoms with Crippen LogP contribution in [0, 0.1) is 0 Å². The Morgan fingerprint density at radius 3 is 2.42 bits per heavy atom. The van der Waals surface area contributed by atoms with Gasteiger partial charge in [0.25, 0.3) is 0 Å². The lowest BCUT2D eigenvalue weighted by atomic mass is 10.0. The van der Waals surface area contributed by atoms with E-state index < -0.39 is 0 Å². The lowest BCUT2D eigenvalue weighted by Crippen LogP contribution is -2.10. The van der Waals surface area contributed by atoms with Crippen molar-refractivity contribution < 1.29 is 5.11 Å². The number of hydrogen-bond acceptors (Lipinski definition) is 1. The van der Waals surface area contributed by atoms with Crippen molar-refractivity contribution in [2.24, 2.45) is 0 Å². The monoisotopic (exact) mass is 302 g/mol. The van der Waals surface area contributed by atoms with Crippen molar-refractivity contribution in [3.8, 4) is 0 Å². The van der Waals surface area contributed by atoms with Crippen LogP contribution in [0.2, 0.25) is 10.0 Å². The summed E-state index contributed by atoms with van der Waals surface area (Å²) in [5.74, 6) is 0. The molecule has 1 rings (SSSR count). The molecule has 3 heteroatoms. The molecule has 0 fully saturated rings. The van der Waals surface area contributed by atoms with Gasteiger partial charge in [0.2, 0.25) is 0 Å². The first-order chi connectivity index (χ1) is 9.13. The lowest BCUT2D eigenvalue weighted by molar-refractivity contribution is 0.161. The summed E-state index contributed by atoms with van der Waals surface area (Å²) < 4.78 is 0. The van der Waals surface area contributed by atoms with E-state index in [0.29, 0.717) is 16.5 Å². The molecule has 19 heavy (non-hydrogen) atoms. The maximum atomic E-state index is 10.0. The van der Waals surface area contributed by atoms with Crippen LogP contribution in [-0.4, -0.2) is 11.2 Å². The van der Waals surface area contributed by atoms with Gasteiger partial charge < -0.3 is 5.11 Å². The molecular weight excluding hydrogens is 279 g/mol. The number of rotatable bonds is 9. The molecule has 1 N–H and O–H groups in total. The van der Waals surface area contributed by atoms with E-state index in [1.165, 1.54) is 32.1 Å². The minimum Gasteiger partial charge on any atom is -0.393 e. The quantitative estimate of drug-likeness (QED) is 0.585. The molecule has 0 aliphatic carbocycles. The van der Waals surface area contributed by atoms with Gasteiger partial charge in [0, 0.05) is 10.0 Å². The van der Waals surface area contributed by atoms with E-state index in [0.717, 1.165) is 18.4 Å². The molecule has 0 aliphatic rings. The molecule has 0 aromatic heterocycles. The van der Waals surface area contributed by atoms with Crippen LogP contribution in [-0.2, 0) is 6.42 Å². The van der Waals surface area contributed by atoms with Crippen molar-refractivity contribution in [3.05, 3.63) is 33.8 Å². The predicted octanol–water partition coefficient (Wildman–Crippen LogP) is 5.65. The van der Waals surface area contributed by atoms with Gasteiger partial charge in [-0.05, 0) is 30.5 Å². The normalized spacial score (nSPS) is 12.6. The van der Waals surface area contributed by atoms with Gasteiger partial charge in [-0.1, -0.05) is 74.7 Å². The fourth-order valence-electron chi connectivity index (χ4n) is 2.20. The van der Waals surface area contributed by atoms with Crippen molar-refractivity contribution in [3.63, 3.8) is 0 Å². The summed E-state index contributed by atoms with van der Waals surface area (Å²) >= 11 is 11.9. The van der Waals surface area contributed by atoms with Gasteiger partial charge in [-0.3, -0.25) is 0 Å². The minimum absolute atomic E-state index is 0.301. The molecule has 0 aliphatic heterocycles. The Labute approximate surface area is 126 Å². The molecule has 1 aromatic rings. The smallest absolute Gasteiger partial charge is 0.0581 e. The maximum Gasteiger partial charge on any atom is 0.0581 e. The highest BCUT2D eigenvalue weighted by atomic mass is 35.5. The molecule has 1 nitrogen and oxygen atoms in total. The van der Waals surface area contributed by atoms with Crippen molar-refractivity contribution in [1.82, 2.24) is 0 Å². The highest BCUT2D eigenvalue weighted by Gasteiger charge is 2.08. The number of aliphatic hydroxyl groups excluding tert-OH is 1. The second-order valence-electron chi connectivity index (χ2n) is 5.15. The van der Waals surface area contributed by atoms with Crippen LogP contribution in [0.3, 0.4) is 0 Å². The first-order valence-electron chi connectivity index (χ1n) is 7.25. The van der Waals surface area contributed by atoms with E-state index in [1.54, 1.807) is 6.07 Å². The van der Waals surface area contributed by atoms with Gasteiger partial charge in [-0.2, -0.15) is 0 Å². The fourth-order valence-corrected chi connectivity index (χ4v) is 2.69. The summed E-state index contributed by atoms with van der Waals surface area (Å²) in [4.78, 5) is 0. The summed E-state index contributed by atoms with van der Waals surface area (Å²) in [5.41, 5.74) is 0.976. The lowest BCUT2D eigenvalue weighted by Gasteiger charge is -2.12. The number of benzene rings is 1. The largest absolute Gasteiger partial charge is 0.393 e. The van der Waals surface area contributed by atoms with Gasteiger partial charge in [-0.15, -0.1) is 0 Å². The Morgan fingerprint density at radius 2 is 1.74 bits per heavy atom. The number of unbranched alkanes of at least 4 members (excludes halogenated alkanes) is 5. The Kier molecular flexibility index (Phi) is 8.52. The third-order valence-electron chi connectivity index (χ3n) is 3.36. The van der Waals surface area contributed by atoms with Crippen molar-refractivity contribution in [1.29, 1.82) is 0 Å². The SMILES string of the molecule is CCCCCCCCC(O)Cc1ccc(Cl)cc1Cl. The second-order valence-corrected chi connectivity index (χ2v) is 5.99. The Bertz CT molecular complexity index is 366. The number of aliphatic hydroxyl groups is 1. The zero-order chi connectivity index (χ0) is 14.1. The highest BCUT2D eigenvalue weighted by molar-refractivity contribution is 6.35. The first-order valence-corrected chi connectivity index (χ1v) is 8.01. The fraction of sp³-hybridized carbons (Fsp3) is 0.625. The summed E-state index contributed by atoms with van der Waals surface area (Å²) in [7, 11) is 0. The van der Waals surface area contributed by atoms with Gasteiger partial charge in [-0.25, -0.2) is 0 Å². The van der Waals surface area contributed by atoms with Crippen LogP contribution in [0.25, 0.3) is 0 Å². The molecule has 0 amide bonds. The summed E-state index contributed by atoms with van der Waals surface area (Å²) in [6.07, 6.45) is 8.67. The van der Waals surface area contributed by atoms with Gasteiger partial charge >= 0.3 is 0 Å². The average Bonchev–Trinajstić information content (AvgIpc) is 2.37. The molecular formula is C16H24Cl2O. The second kappa shape index (κ2) is 9.63. The Balaban J connectivity index is 2.21. The molecule has 1 unspecified atom stereocenters. The van der Waals surface area contributed by atoms with E-state index in [9.17, 15) is 5.11 Å². The van der Waals surface area contributed by atoms with E-state index >= 15 is 0 Å². The van der Waals surface area contributed by atoms with E-state index in [-0.39, 0.29) is 6.10 Å². The van der Waals surface area contributed by atoms with Gasteiger partial charge in [0.1, 0.15) is 0 Å². The third kappa shape index (κ3) is 7.20. The third-order valence-corrected chi connectivity index (χ3v) is 3.95. The molecule has 0 radical (unpaired) electrons. The van der Waals surface area contributed by atoms with E-state index in [4.69, 9.17) is 23.2 Å². The Hall–Kier alpha value is -0.240. The van der Waals surface area contributed by atoms with E-state index in [1.807, 2.05) is 12.1 Å². The van der Waals surface area contributed by atoms with Crippen molar-refractivity contribution in [2.45, 2.75) is 64.4 Å². The highest BCUT2D eigenvalue weighted by Crippen LogP contribution is 2.23. The van der Waals surface area contributed by atoms with Crippen LogP contribution in [0.5, 0.6) is 0 Å². The maximum absolute atomic E-state index is 10.0. The summed E-state index contributed by atoms with van der Waals surface area (Å²) in [6.45, 7) is 2.22. The van der Waals surface area contributed by atoms with Gasteiger partial charge in [0.05, 0.1) is 6.10 Å². The molecule has 0 saturated heterocycles. The minimum atomic E-state index is -0.301. The van der Waals surface area contributed by atoms with Gasteiger partial charge in [0.15, 0.2) is 0 Å². The van der Waals surface area contributed by atoms with Crippen molar-refractivity contribution in [2.75, 3.05) is 0 Å². The molecule has 0 saturated carbocycles. The molecule has 1 aromatic carbocycles. The van der Waals surface area contributed by atoms with Crippen LogP contribution in [0.4, 0.5) is 0 Å². The van der Waals surface area contributed by atoms with Crippen LogP contribution >= 0.6 is 23.2 Å². The summed E-state index contributed by atoms with van der Waals surface area (Å²) in [6, 6.07) is 5.45. The molecule has 0 heterocycles. The average molecular weight is 303 g/mol. The Morgan fingerprint density at radius 1 is 1.05 bits per heavy atom. The zero-order valence-electron chi connectivity index (χ0n) is 11.7. The molecule has 0 spiro atoms. The van der Waals surface area contributed by atoms with Crippen LogP contribution < -0.4 is 0 Å². The first kappa shape index (κ1) is 16.8. The van der Waals surface area contributed by atoms with Crippen LogP contribution in [0.15, 0.2) is 18.2 Å². The zero-order valence-corrected chi connectivity index (χ0v) is 13.2. The number of halogens is 2. The standard InChI is InChI=1S/C16H24Cl2O/c1-2-3-4-5-6-7-8-15(19)11-13-9-10-14(17)12-16(13)18/h9-10,12,15,19H,2-8,11H2,1H3. The van der Waals surface area contributed by atoms with E-state index in [2.05, 4.69) is 6.92 Å².